The fourth-order valence-electron chi connectivity index (χ4n) is 3.65. The van der Waals surface area contributed by atoms with E-state index in [0.717, 1.165) is 5.56 Å². The number of hydrogen-bond donors (Lipinski definition) is 1. The number of hydrogen-bond acceptors (Lipinski definition) is 8. The topological polar surface area (TPSA) is 136 Å². The number of piperidine rings is 1. The van der Waals surface area contributed by atoms with Crippen LogP contribution in [0.25, 0.3) is 11.3 Å². The van der Waals surface area contributed by atoms with Crippen LogP contribution in [0.2, 0.25) is 0 Å². The minimum Gasteiger partial charge on any atom is -0.481 e. The Bertz CT molecular complexity index is 955. The van der Waals surface area contributed by atoms with Crippen LogP contribution in [0.4, 0.5) is 11.5 Å². The lowest BCUT2D eigenvalue weighted by Crippen LogP contribution is -2.37. The average Bonchev–Trinajstić information content (AvgIpc) is 2.77. The molecule has 10 heteroatoms. The number of esters is 1. The highest BCUT2D eigenvalue weighted by Gasteiger charge is 2.32. The van der Waals surface area contributed by atoms with Crippen LogP contribution >= 0.6 is 0 Å². The fraction of sp³-hybridized carbons (Fsp3) is 0.429. The summed E-state index contributed by atoms with van der Waals surface area (Å²) in [7, 11) is 0. The van der Waals surface area contributed by atoms with Crippen LogP contribution < -0.4 is 4.90 Å². The van der Waals surface area contributed by atoms with Gasteiger partial charge in [-0.05, 0) is 31.7 Å². The average molecular weight is 428 g/mol. The molecule has 1 saturated heterocycles. The maximum atomic E-state index is 12.0. The highest BCUT2D eigenvalue weighted by molar-refractivity contribution is 5.78. The SMILES string of the molecule is CCOC(=O)C1CCN(c2ncnc(-c3ccc(CCC(=O)O)cc3)c2[N+](=O)[O-])CC1. The third-order valence-electron chi connectivity index (χ3n) is 5.25. The summed E-state index contributed by atoms with van der Waals surface area (Å²) in [6, 6.07) is 6.88. The van der Waals surface area contributed by atoms with Crippen LogP contribution in [0.5, 0.6) is 0 Å². The second kappa shape index (κ2) is 9.96. The summed E-state index contributed by atoms with van der Waals surface area (Å²) in [4.78, 5) is 44.3. The van der Waals surface area contributed by atoms with Crippen molar-refractivity contribution < 1.29 is 24.4 Å². The molecule has 0 unspecified atom stereocenters. The number of rotatable bonds is 8. The Hall–Kier alpha value is -3.56. The molecule has 0 amide bonds. The monoisotopic (exact) mass is 428 g/mol. The molecule has 0 aliphatic carbocycles. The molecule has 0 bridgehead atoms. The van der Waals surface area contributed by atoms with Crippen LogP contribution in [0.1, 0.15) is 31.7 Å². The molecule has 1 aromatic carbocycles. The smallest absolute Gasteiger partial charge is 0.337 e. The Morgan fingerprint density at radius 2 is 1.90 bits per heavy atom. The van der Waals surface area contributed by atoms with Crippen LogP contribution in [-0.2, 0) is 20.7 Å². The zero-order valence-electron chi connectivity index (χ0n) is 17.2. The maximum absolute atomic E-state index is 12.0. The molecule has 2 heterocycles. The number of carboxylic acid groups (broad SMARTS) is 1. The zero-order valence-corrected chi connectivity index (χ0v) is 17.2. The van der Waals surface area contributed by atoms with Crippen molar-refractivity contribution in [1.82, 2.24) is 9.97 Å². The van der Waals surface area contributed by atoms with E-state index in [1.165, 1.54) is 6.33 Å². The van der Waals surface area contributed by atoms with Crippen molar-refractivity contribution in [3.8, 4) is 11.3 Å². The van der Waals surface area contributed by atoms with E-state index in [-0.39, 0.29) is 35.5 Å². The molecule has 1 aliphatic rings. The fourth-order valence-corrected chi connectivity index (χ4v) is 3.65. The number of nitro groups is 1. The van der Waals surface area contributed by atoms with E-state index in [2.05, 4.69) is 9.97 Å². The van der Waals surface area contributed by atoms with Gasteiger partial charge < -0.3 is 14.7 Å². The van der Waals surface area contributed by atoms with Crippen molar-refractivity contribution in [1.29, 1.82) is 0 Å². The highest BCUT2D eigenvalue weighted by Crippen LogP contribution is 2.36. The van der Waals surface area contributed by atoms with E-state index in [0.29, 0.717) is 44.5 Å². The number of nitrogens with zero attached hydrogens (tertiary/aromatic N) is 4. The standard InChI is InChI=1S/C21H24N4O6/c1-2-31-21(28)16-9-11-24(12-10-16)20-19(25(29)30)18(22-13-23-20)15-6-3-14(4-7-15)5-8-17(26)27/h3-4,6-7,13,16H,2,5,8-12H2,1H3,(H,26,27). The van der Waals surface area contributed by atoms with Crippen molar-refractivity contribution in [2.75, 3.05) is 24.6 Å². The van der Waals surface area contributed by atoms with E-state index < -0.39 is 10.9 Å². The Morgan fingerprint density at radius 1 is 1.23 bits per heavy atom. The number of carbonyl (C=O) groups is 2. The van der Waals surface area contributed by atoms with Gasteiger partial charge in [0, 0.05) is 25.1 Å². The van der Waals surface area contributed by atoms with Gasteiger partial charge in [0.2, 0.25) is 5.82 Å². The molecule has 10 nitrogen and oxygen atoms in total. The van der Waals surface area contributed by atoms with Gasteiger partial charge in [0.15, 0.2) is 5.69 Å². The van der Waals surface area contributed by atoms with Gasteiger partial charge in [0.25, 0.3) is 0 Å². The Balaban J connectivity index is 1.83. The van der Waals surface area contributed by atoms with E-state index in [4.69, 9.17) is 9.84 Å². The maximum Gasteiger partial charge on any atom is 0.337 e. The van der Waals surface area contributed by atoms with E-state index in [1.807, 2.05) is 0 Å². The van der Waals surface area contributed by atoms with Gasteiger partial charge in [-0.3, -0.25) is 19.7 Å². The molecule has 0 radical (unpaired) electrons. The third-order valence-corrected chi connectivity index (χ3v) is 5.25. The second-order valence-corrected chi connectivity index (χ2v) is 7.26. The summed E-state index contributed by atoms with van der Waals surface area (Å²) in [5.74, 6) is -1.10. The van der Waals surface area contributed by atoms with Crippen LogP contribution in [0, 0.1) is 16.0 Å². The first-order valence-corrected chi connectivity index (χ1v) is 10.1. The Labute approximate surface area is 179 Å². The second-order valence-electron chi connectivity index (χ2n) is 7.26. The minimum atomic E-state index is -0.883. The number of aromatic nitrogens is 2. The van der Waals surface area contributed by atoms with Crippen molar-refractivity contribution in [2.45, 2.75) is 32.6 Å². The molecule has 2 aromatic rings. The van der Waals surface area contributed by atoms with Gasteiger partial charge in [-0.15, -0.1) is 0 Å². The van der Waals surface area contributed by atoms with Crippen LogP contribution in [0.3, 0.4) is 0 Å². The van der Waals surface area contributed by atoms with Crippen LogP contribution in [-0.4, -0.2) is 51.6 Å². The van der Waals surface area contributed by atoms with Crippen LogP contribution in [0.15, 0.2) is 30.6 Å². The molecule has 164 valence electrons. The molecule has 0 spiro atoms. The van der Waals surface area contributed by atoms with Gasteiger partial charge in [0.05, 0.1) is 17.4 Å². The lowest BCUT2D eigenvalue weighted by molar-refractivity contribution is -0.383. The predicted molar refractivity (Wildman–Crippen MR) is 112 cm³/mol. The number of aliphatic carboxylic acids is 1. The van der Waals surface area contributed by atoms with Crippen molar-refractivity contribution in [2.24, 2.45) is 5.92 Å². The molecule has 1 N–H and O–H groups in total. The first kappa shape index (κ1) is 22.1. The van der Waals surface area contributed by atoms with Gasteiger partial charge in [-0.1, -0.05) is 24.3 Å². The third kappa shape index (κ3) is 5.33. The summed E-state index contributed by atoms with van der Waals surface area (Å²) in [5, 5.41) is 20.7. The molecular formula is C21H24N4O6. The number of carbonyl (C=O) groups excluding carboxylic acids is 1. The van der Waals surface area contributed by atoms with Gasteiger partial charge in [-0.25, -0.2) is 9.97 Å². The summed E-state index contributed by atoms with van der Waals surface area (Å²) in [6.07, 6.45) is 2.76. The summed E-state index contributed by atoms with van der Waals surface area (Å²) in [5.41, 5.74) is 1.39. The number of benzene rings is 1. The highest BCUT2D eigenvalue weighted by atomic mass is 16.6. The molecule has 31 heavy (non-hydrogen) atoms. The molecule has 1 fully saturated rings. The lowest BCUT2D eigenvalue weighted by atomic mass is 9.97. The summed E-state index contributed by atoms with van der Waals surface area (Å²) < 4.78 is 5.08. The lowest BCUT2D eigenvalue weighted by Gasteiger charge is -2.31. The van der Waals surface area contributed by atoms with Gasteiger partial charge in [0.1, 0.15) is 6.33 Å². The van der Waals surface area contributed by atoms with E-state index in [1.54, 1.807) is 36.1 Å². The van der Waals surface area contributed by atoms with Gasteiger partial charge in [-0.2, -0.15) is 0 Å². The van der Waals surface area contributed by atoms with E-state index in [9.17, 15) is 19.7 Å². The Kier molecular flexibility index (Phi) is 7.11. The molecule has 1 aromatic heterocycles. The normalized spacial score (nSPS) is 14.3. The Morgan fingerprint density at radius 3 is 2.48 bits per heavy atom. The number of aryl methyl sites for hydroxylation is 1. The zero-order chi connectivity index (χ0) is 22.4. The van der Waals surface area contributed by atoms with E-state index >= 15 is 0 Å². The number of anilines is 1. The van der Waals surface area contributed by atoms with Gasteiger partial charge >= 0.3 is 17.6 Å². The number of ether oxygens (including phenoxy) is 1. The molecule has 1 aliphatic heterocycles. The summed E-state index contributed by atoms with van der Waals surface area (Å²) >= 11 is 0. The largest absolute Gasteiger partial charge is 0.481 e. The van der Waals surface area contributed by atoms with Crippen molar-refractivity contribution >= 4 is 23.4 Å². The quantitative estimate of drug-likeness (QED) is 0.382. The van der Waals surface area contributed by atoms with Crippen molar-refractivity contribution in [3.05, 3.63) is 46.3 Å². The minimum absolute atomic E-state index is 0.0128. The molecular weight excluding hydrogens is 404 g/mol. The summed E-state index contributed by atoms with van der Waals surface area (Å²) in [6.45, 7) is 3.00. The first-order chi connectivity index (χ1) is 14.9. The number of carboxylic acids is 1. The molecule has 0 atom stereocenters. The van der Waals surface area contributed by atoms with Crippen molar-refractivity contribution in [3.63, 3.8) is 0 Å². The predicted octanol–water partition coefficient (Wildman–Crippen LogP) is 2.85. The first-order valence-electron chi connectivity index (χ1n) is 10.1. The molecule has 3 rings (SSSR count). The molecule has 0 saturated carbocycles.